The molecule has 0 radical (unpaired) electrons. The average Bonchev–Trinajstić information content (AvgIpc) is 2.60. The number of anilines is 2. The fraction of sp³-hybridized carbons (Fsp3) is 0.429. The van der Waals surface area contributed by atoms with Crippen molar-refractivity contribution in [1.29, 1.82) is 0 Å². The van der Waals surface area contributed by atoms with Gasteiger partial charge in [0.05, 0.1) is 4.11 Å². The lowest BCUT2D eigenvalue weighted by atomic mass is 10.3. The van der Waals surface area contributed by atoms with Gasteiger partial charge in [0, 0.05) is 4.11 Å². The van der Waals surface area contributed by atoms with Crippen LogP contribution in [0.1, 0.15) is 22.0 Å². The van der Waals surface area contributed by atoms with Gasteiger partial charge in [-0.25, -0.2) is 4.98 Å². The molecule has 0 aliphatic heterocycles. The highest BCUT2D eigenvalue weighted by molar-refractivity contribution is 6.29. The van der Waals surface area contributed by atoms with Crippen molar-refractivity contribution in [3.8, 4) is 11.5 Å². The van der Waals surface area contributed by atoms with E-state index in [1.54, 1.807) is 5.32 Å². The Morgan fingerprint density at radius 3 is 2.22 bits per heavy atom. The van der Waals surface area contributed by atoms with E-state index >= 15 is 0 Å². The summed E-state index contributed by atoms with van der Waals surface area (Å²) in [5.74, 6) is -2.88. The summed E-state index contributed by atoms with van der Waals surface area (Å²) in [6.07, 6.45) is -10.5. The van der Waals surface area contributed by atoms with Gasteiger partial charge >= 0.3 is 12.4 Å². The summed E-state index contributed by atoms with van der Waals surface area (Å²) in [6, 6.07) is -6.82. The lowest BCUT2D eigenvalue weighted by Gasteiger charge is -2.20. The largest absolute Gasteiger partial charge is 0.408 e. The smallest absolute Gasteiger partial charge is 0.343 e. The molecular weight excluding hydrogens is 402 g/mol. The molecule has 0 aliphatic carbocycles. The van der Waals surface area contributed by atoms with E-state index in [0.717, 1.165) is 6.07 Å². The Labute approximate surface area is 162 Å². The summed E-state index contributed by atoms with van der Waals surface area (Å²) in [5.41, 5.74) is -0.439. The van der Waals surface area contributed by atoms with Crippen molar-refractivity contribution in [2.75, 3.05) is 10.6 Å². The maximum absolute atomic E-state index is 13.2. The second kappa shape index (κ2) is 7.71. The molecule has 27 heavy (non-hydrogen) atoms. The zero-order valence-electron chi connectivity index (χ0n) is 19.1. The van der Waals surface area contributed by atoms with Gasteiger partial charge < -0.3 is 10.6 Å². The van der Waals surface area contributed by atoms with E-state index in [4.69, 9.17) is 19.8 Å². The first-order chi connectivity index (χ1) is 14.7. The van der Waals surface area contributed by atoms with Crippen molar-refractivity contribution in [2.24, 2.45) is 0 Å². The van der Waals surface area contributed by atoms with Gasteiger partial charge in [-0.2, -0.15) is 41.3 Å². The predicted molar refractivity (Wildman–Crippen MR) is 86.3 cm³/mol. The Hall–Kier alpha value is -2.37. The van der Waals surface area contributed by atoms with Crippen molar-refractivity contribution in [3.05, 3.63) is 23.3 Å². The minimum atomic E-state index is -5.34. The van der Waals surface area contributed by atoms with E-state index in [0.29, 0.717) is 6.92 Å². The molecule has 6 nitrogen and oxygen atoms in total. The molecule has 2 aromatic heterocycles. The third-order valence-corrected chi connectivity index (χ3v) is 2.97. The lowest BCUT2D eigenvalue weighted by Crippen LogP contribution is -2.35. The molecule has 13 heteroatoms. The molecule has 2 rings (SSSR count). The predicted octanol–water partition coefficient (Wildman–Crippen LogP) is 4.31. The van der Waals surface area contributed by atoms with Crippen LogP contribution in [0.15, 0.2) is 18.2 Å². The standard InChI is InChI=1S/C14H13ClF6N6/c1-6(13(16,17)18)22-11-25-10(8-4-3-5-9(15)24-8)26-12(27-11)23-7(2)14(19,20)21/h3-7H,1-2H3,(H2,22,23,25,26,27)/t6-,7-/m1/s1/i1D3,3D,5D,7D. The van der Waals surface area contributed by atoms with Crippen LogP contribution < -0.4 is 10.6 Å². The van der Waals surface area contributed by atoms with Crippen LogP contribution in [-0.2, 0) is 0 Å². The fourth-order valence-corrected chi connectivity index (χ4v) is 1.65. The molecule has 0 saturated heterocycles. The van der Waals surface area contributed by atoms with Gasteiger partial charge in [-0.15, -0.1) is 0 Å². The molecule has 0 amide bonds. The third-order valence-electron chi connectivity index (χ3n) is 2.79. The molecule has 2 atom stereocenters. The van der Waals surface area contributed by atoms with Gasteiger partial charge in [-0.1, -0.05) is 17.6 Å². The summed E-state index contributed by atoms with van der Waals surface area (Å²) < 4.78 is 123. The SMILES string of the molecule is [2H]c1cc(-c2nc(N[C@H](C([2H])([2H])[2H])C(F)(F)F)nc(N[C@]([2H])(C)C(F)(F)F)n2)nc(Cl)c1[2H]. The third kappa shape index (κ3) is 5.81. The minimum Gasteiger partial charge on any atom is -0.343 e. The molecule has 0 fully saturated rings. The van der Waals surface area contributed by atoms with Crippen LogP contribution in [0.25, 0.3) is 11.5 Å². The highest BCUT2D eigenvalue weighted by atomic mass is 35.5. The number of alkyl halides is 6. The highest BCUT2D eigenvalue weighted by Gasteiger charge is 2.38. The van der Waals surface area contributed by atoms with Crippen molar-refractivity contribution in [2.45, 2.75) is 38.2 Å². The van der Waals surface area contributed by atoms with Gasteiger partial charge in [0.15, 0.2) is 5.82 Å². The molecule has 0 spiro atoms. The van der Waals surface area contributed by atoms with Crippen molar-refractivity contribution in [3.63, 3.8) is 0 Å². The molecule has 2 aromatic rings. The Morgan fingerprint density at radius 1 is 1.07 bits per heavy atom. The molecule has 0 saturated carbocycles. The van der Waals surface area contributed by atoms with Crippen molar-refractivity contribution >= 4 is 23.5 Å². The number of pyridine rings is 1. The van der Waals surface area contributed by atoms with Crippen LogP contribution in [0.5, 0.6) is 0 Å². The van der Waals surface area contributed by atoms with E-state index in [1.807, 2.05) is 0 Å². The number of hydrogen-bond donors (Lipinski definition) is 2. The van der Waals surface area contributed by atoms with Crippen LogP contribution >= 0.6 is 11.6 Å². The summed E-state index contributed by atoms with van der Waals surface area (Å²) >= 11 is 5.70. The van der Waals surface area contributed by atoms with E-state index < -0.39 is 71.9 Å². The van der Waals surface area contributed by atoms with Crippen LogP contribution in [0, 0.1) is 0 Å². The molecule has 2 heterocycles. The van der Waals surface area contributed by atoms with E-state index in [9.17, 15) is 26.3 Å². The van der Waals surface area contributed by atoms with Crippen LogP contribution in [-0.4, -0.2) is 44.3 Å². The van der Waals surface area contributed by atoms with E-state index in [1.165, 1.54) is 5.32 Å². The quantitative estimate of drug-likeness (QED) is 0.554. The van der Waals surface area contributed by atoms with Crippen molar-refractivity contribution < 1.29 is 34.6 Å². The topological polar surface area (TPSA) is 75.6 Å². The Bertz CT molecular complexity index is 994. The second-order valence-corrected chi connectivity index (χ2v) is 5.23. The Balaban J connectivity index is 2.66. The van der Waals surface area contributed by atoms with Gasteiger partial charge in [-0.3, -0.25) is 0 Å². The molecule has 0 bridgehead atoms. The monoisotopic (exact) mass is 420 g/mol. The van der Waals surface area contributed by atoms with Gasteiger partial charge in [0.25, 0.3) is 0 Å². The molecule has 148 valence electrons. The average molecular weight is 421 g/mol. The molecule has 0 aromatic carbocycles. The lowest BCUT2D eigenvalue weighted by molar-refractivity contribution is -0.139. The van der Waals surface area contributed by atoms with Gasteiger partial charge in [-0.05, 0) is 25.9 Å². The molecule has 2 N–H and O–H groups in total. The summed E-state index contributed by atoms with van der Waals surface area (Å²) in [7, 11) is 0. The Kier molecular flexibility index (Phi) is 3.92. The first-order valence-electron chi connectivity index (χ1n) is 9.81. The zero-order chi connectivity index (χ0) is 25.6. The maximum Gasteiger partial charge on any atom is 0.408 e. The highest BCUT2D eigenvalue weighted by Crippen LogP contribution is 2.26. The van der Waals surface area contributed by atoms with E-state index in [-0.39, 0.29) is 0 Å². The molecule has 0 unspecified atom stereocenters. The number of aromatic nitrogens is 4. The number of nitrogens with one attached hydrogen (secondary N) is 2. The fourth-order valence-electron chi connectivity index (χ4n) is 1.50. The van der Waals surface area contributed by atoms with Crippen molar-refractivity contribution in [1.82, 2.24) is 19.9 Å². The van der Waals surface area contributed by atoms with Crippen LogP contribution in [0.4, 0.5) is 38.2 Å². The summed E-state index contributed by atoms with van der Waals surface area (Å²) in [5, 5.41) is 2.53. The number of hydrogen-bond acceptors (Lipinski definition) is 6. The second-order valence-electron chi connectivity index (χ2n) is 4.87. The van der Waals surface area contributed by atoms with Gasteiger partial charge in [0.2, 0.25) is 11.9 Å². The minimum absolute atomic E-state index is 0.371. The Morgan fingerprint density at radius 2 is 1.70 bits per heavy atom. The summed E-state index contributed by atoms with van der Waals surface area (Å²) in [6.45, 7) is -3.28. The molecule has 0 aliphatic rings. The number of rotatable bonds is 5. The molecular formula is C14H13ClF6N6. The number of nitrogens with zero attached hydrogens (tertiary/aromatic N) is 4. The van der Waals surface area contributed by atoms with Crippen LogP contribution in [0.3, 0.4) is 0 Å². The first kappa shape index (κ1) is 13.7. The zero-order valence-corrected chi connectivity index (χ0v) is 13.8. The first-order valence-corrected chi connectivity index (χ1v) is 7.18. The van der Waals surface area contributed by atoms with E-state index in [2.05, 4.69) is 19.9 Å². The normalized spacial score (nSPS) is 19.4. The maximum atomic E-state index is 13.2. The number of halogens is 7. The summed E-state index contributed by atoms with van der Waals surface area (Å²) in [4.78, 5) is 14.1. The van der Waals surface area contributed by atoms with Crippen LogP contribution in [0.2, 0.25) is 5.15 Å². The van der Waals surface area contributed by atoms with Gasteiger partial charge in [0.1, 0.15) is 22.9 Å².